The van der Waals surface area contributed by atoms with Crippen molar-refractivity contribution in [2.75, 3.05) is 32.7 Å². The third kappa shape index (κ3) is 7.77. The standard InChI is InChI=1S/C15H34N2/c1-7-10-16-12-15(6,8-2)13-17(9-3)11-14(4)5/h14,16H,7-13H2,1-6H3. The fraction of sp³-hybridized carbons (Fsp3) is 1.00. The largest absolute Gasteiger partial charge is 0.316 e. The Morgan fingerprint density at radius 2 is 1.82 bits per heavy atom. The van der Waals surface area contributed by atoms with Crippen molar-refractivity contribution in [3.8, 4) is 0 Å². The summed E-state index contributed by atoms with van der Waals surface area (Å²) in [4.78, 5) is 2.60. The van der Waals surface area contributed by atoms with Crippen LogP contribution in [-0.4, -0.2) is 37.6 Å². The Bertz CT molecular complexity index is 180. The van der Waals surface area contributed by atoms with E-state index in [1.165, 1.54) is 32.5 Å². The smallest absolute Gasteiger partial charge is 0.00474 e. The van der Waals surface area contributed by atoms with E-state index >= 15 is 0 Å². The van der Waals surface area contributed by atoms with Crippen molar-refractivity contribution in [3.05, 3.63) is 0 Å². The second-order valence-electron chi connectivity index (χ2n) is 6.06. The van der Waals surface area contributed by atoms with Gasteiger partial charge in [-0.3, -0.25) is 0 Å². The molecule has 104 valence electrons. The Kier molecular flexibility index (Phi) is 8.89. The first-order valence-corrected chi connectivity index (χ1v) is 7.40. The summed E-state index contributed by atoms with van der Waals surface area (Å²) < 4.78 is 0. The van der Waals surface area contributed by atoms with Crippen molar-refractivity contribution >= 4 is 0 Å². The van der Waals surface area contributed by atoms with Crippen molar-refractivity contribution in [2.24, 2.45) is 11.3 Å². The molecule has 0 saturated heterocycles. The molecule has 0 saturated carbocycles. The van der Waals surface area contributed by atoms with Gasteiger partial charge >= 0.3 is 0 Å². The van der Waals surface area contributed by atoms with Crippen molar-refractivity contribution in [2.45, 2.75) is 54.4 Å². The van der Waals surface area contributed by atoms with E-state index in [4.69, 9.17) is 0 Å². The molecule has 17 heavy (non-hydrogen) atoms. The molecule has 0 aromatic rings. The Balaban J connectivity index is 4.21. The van der Waals surface area contributed by atoms with Gasteiger partial charge in [0.2, 0.25) is 0 Å². The minimum absolute atomic E-state index is 0.417. The van der Waals surface area contributed by atoms with Crippen LogP contribution in [-0.2, 0) is 0 Å². The van der Waals surface area contributed by atoms with Gasteiger partial charge in [-0.25, -0.2) is 0 Å². The van der Waals surface area contributed by atoms with E-state index in [1.807, 2.05) is 0 Å². The van der Waals surface area contributed by atoms with Gasteiger partial charge in [0, 0.05) is 19.6 Å². The summed E-state index contributed by atoms with van der Waals surface area (Å²) >= 11 is 0. The predicted molar refractivity (Wildman–Crippen MR) is 78.5 cm³/mol. The van der Waals surface area contributed by atoms with Crippen molar-refractivity contribution in [1.82, 2.24) is 10.2 Å². The lowest BCUT2D eigenvalue weighted by atomic mass is 9.86. The normalized spacial score (nSPS) is 15.5. The molecule has 1 atom stereocenters. The highest BCUT2D eigenvalue weighted by Gasteiger charge is 2.24. The maximum atomic E-state index is 3.58. The minimum Gasteiger partial charge on any atom is -0.316 e. The van der Waals surface area contributed by atoms with Crippen LogP contribution in [0.1, 0.15) is 54.4 Å². The molecular weight excluding hydrogens is 208 g/mol. The highest BCUT2D eigenvalue weighted by atomic mass is 15.1. The average molecular weight is 242 g/mol. The van der Waals surface area contributed by atoms with Crippen LogP contribution in [0, 0.1) is 11.3 Å². The topological polar surface area (TPSA) is 15.3 Å². The molecule has 0 heterocycles. The molecule has 0 aliphatic rings. The molecule has 0 radical (unpaired) electrons. The Morgan fingerprint density at radius 3 is 2.24 bits per heavy atom. The van der Waals surface area contributed by atoms with Gasteiger partial charge < -0.3 is 10.2 Å². The fourth-order valence-corrected chi connectivity index (χ4v) is 2.22. The van der Waals surface area contributed by atoms with E-state index < -0.39 is 0 Å². The SMILES string of the molecule is CCCNCC(C)(CC)CN(CC)CC(C)C. The number of hydrogen-bond donors (Lipinski definition) is 1. The maximum absolute atomic E-state index is 3.58. The molecule has 0 aliphatic carbocycles. The minimum atomic E-state index is 0.417. The zero-order valence-corrected chi connectivity index (χ0v) is 13.0. The summed E-state index contributed by atoms with van der Waals surface area (Å²) in [5.74, 6) is 0.764. The van der Waals surface area contributed by atoms with Crippen LogP contribution in [0.4, 0.5) is 0 Å². The van der Waals surface area contributed by atoms with Crippen LogP contribution < -0.4 is 5.32 Å². The van der Waals surface area contributed by atoms with Crippen LogP contribution in [0.25, 0.3) is 0 Å². The van der Waals surface area contributed by atoms with Crippen LogP contribution >= 0.6 is 0 Å². The van der Waals surface area contributed by atoms with Gasteiger partial charge in [0.05, 0.1) is 0 Å². The van der Waals surface area contributed by atoms with Gasteiger partial charge in [0.15, 0.2) is 0 Å². The third-order valence-corrected chi connectivity index (χ3v) is 3.51. The second-order valence-corrected chi connectivity index (χ2v) is 6.06. The molecule has 1 N–H and O–H groups in total. The summed E-state index contributed by atoms with van der Waals surface area (Å²) in [6, 6.07) is 0. The fourth-order valence-electron chi connectivity index (χ4n) is 2.22. The quantitative estimate of drug-likeness (QED) is 0.591. The van der Waals surface area contributed by atoms with Crippen LogP contribution in [0.5, 0.6) is 0 Å². The molecule has 0 aliphatic heterocycles. The molecule has 0 fully saturated rings. The van der Waals surface area contributed by atoms with Gasteiger partial charge in [-0.05, 0) is 37.3 Å². The molecule has 0 aromatic heterocycles. The molecule has 0 rings (SSSR count). The summed E-state index contributed by atoms with van der Waals surface area (Å²) in [6.45, 7) is 19.7. The lowest BCUT2D eigenvalue weighted by Gasteiger charge is -2.35. The van der Waals surface area contributed by atoms with Crippen LogP contribution in [0.2, 0.25) is 0 Å². The maximum Gasteiger partial charge on any atom is 0.00474 e. The molecular formula is C15H34N2. The number of nitrogens with one attached hydrogen (secondary N) is 1. The van der Waals surface area contributed by atoms with E-state index in [9.17, 15) is 0 Å². The van der Waals surface area contributed by atoms with Crippen molar-refractivity contribution < 1.29 is 0 Å². The Morgan fingerprint density at radius 1 is 1.18 bits per heavy atom. The van der Waals surface area contributed by atoms with Gasteiger partial charge in [0.1, 0.15) is 0 Å². The van der Waals surface area contributed by atoms with E-state index in [0.717, 1.165) is 19.0 Å². The van der Waals surface area contributed by atoms with E-state index in [1.54, 1.807) is 0 Å². The molecule has 0 aromatic carbocycles. The van der Waals surface area contributed by atoms with Crippen LogP contribution in [0.3, 0.4) is 0 Å². The molecule has 0 spiro atoms. The number of hydrogen-bond acceptors (Lipinski definition) is 2. The highest BCUT2D eigenvalue weighted by Crippen LogP contribution is 2.22. The molecule has 2 nitrogen and oxygen atoms in total. The molecule has 0 bridgehead atoms. The second kappa shape index (κ2) is 8.93. The zero-order valence-electron chi connectivity index (χ0n) is 13.0. The van der Waals surface area contributed by atoms with E-state index in [-0.39, 0.29) is 0 Å². The van der Waals surface area contributed by atoms with Crippen molar-refractivity contribution in [1.29, 1.82) is 0 Å². The summed E-state index contributed by atoms with van der Waals surface area (Å²) in [7, 11) is 0. The van der Waals surface area contributed by atoms with E-state index in [2.05, 4.69) is 51.8 Å². The van der Waals surface area contributed by atoms with Crippen LogP contribution in [0.15, 0.2) is 0 Å². The number of nitrogens with zero attached hydrogens (tertiary/aromatic N) is 1. The first-order valence-electron chi connectivity index (χ1n) is 7.40. The first-order chi connectivity index (χ1) is 7.97. The van der Waals surface area contributed by atoms with Gasteiger partial charge in [-0.15, -0.1) is 0 Å². The summed E-state index contributed by atoms with van der Waals surface area (Å²) in [5, 5.41) is 3.58. The zero-order chi connectivity index (χ0) is 13.3. The average Bonchev–Trinajstić information content (AvgIpc) is 2.28. The van der Waals surface area contributed by atoms with Crippen molar-refractivity contribution in [3.63, 3.8) is 0 Å². The molecule has 0 amide bonds. The summed E-state index contributed by atoms with van der Waals surface area (Å²) in [6.07, 6.45) is 2.47. The lowest BCUT2D eigenvalue weighted by Crippen LogP contribution is -2.43. The van der Waals surface area contributed by atoms with Gasteiger partial charge in [0.25, 0.3) is 0 Å². The Hall–Kier alpha value is -0.0800. The third-order valence-electron chi connectivity index (χ3n) is 3.51. The van der Waals surface area contributed by atoms with E-state index in [0.29, 0.717) is 5.41 Å². The first kappa shape index (κ1) is 16.9. The molecule has 1 unspecified atom stereocenters. The monoisotopic (exact) mass is 242 g/mol. The highest BCUT2D eigenvalue weighted by molar-refractivity contribution is 4.79. The van der Waals surface area contributed by atoms with Gasteiger partial charge in [-0.1, -0.05) is 41.5 Å². The van der Waals surface area contributed by atoms with Gasteiger partial charge in [-0.2, -0.15) is 0 Å². The molecule has 2 heteroatoms. The summed E-state index contributed by atoms with van der Waals surface area (Å²) in [5.41, 5.74) is 0.417. The lowest BCUT2D eigenvalue weighted by molar-refractivity contribution is 0.148. The predicted octanol–water partition coefficient (Wildman–Crippen LogP) is 3.38. The Labute approximate surface area is 109 Å². The number of rotatable bonds is 10.